The highest BCUT2D eigenvalue weighted by atomic mass is 16.5. The second kappa shape index (κ2) is 3.76. The summed E-state index contributed by atoms with van der Waals surface area (Å²) in [6, 6.07) is 0. The van der Waals surface area contributed by atoms with Crippen molar-refractivity contribution in [1.29, 1.82) is 0 Å². The highest BCUT2D eigenvalue weighted by Gasteiger charge is 2.08. The number of fused-ring (bicyclic) bond motifs is 1. The minimum atomic E-state index is -0.333. The van der Waals surface area contributed by atoms with E-state index in [1.54, 1.807) is 19.0 Å². The molecular formula is C9H11N5O2. The molecule has 0 atom stereocenters. The van der Waals surface area contributed by atoms with E-state index in [0.717, 1.165) is 0 Å². The minimum Gasteiger partial charge on any atom is -0.480 e. The van der Waals surface area contributed by atoms with Gasteiger partial charge in [0.2, 0.25) is 11.8 Å². The zero-order chi connectivity index (χ0) is 11.7. The Morgan fingerprint density at radius 3 is 2.75 bits per heavy atom. The number of rotatable bonds is 2. The van der Waals surface area contributed by atoms with Gasteiger partial charge in [0.05, 0.1) is 13.3 Å². The van der Waals surface area contributed by atoms with Gasteiger partial charge in [0.15, 0.2) is 11.2 Å². The van der Waals surface area contributed by atoms with Crippen LogP contribution in [0.4, 0.5) is 5.95 Å². The summed E-state index contributed by atoms with van der Waals surface area (Å²) >= 11 is 0. The normalized spacial score (nSPS) is 10.4. The first kappa shape index (κ1) is 10.3. The smallest absolute Gasteiger partial charge is 0.280 e. The van der Waals surface area contributed by atoms with Gasteiger partial charge in [0.25, 0.3) is 5.56 Å². The van der Waals surface area contributed by atoms with E-state index in [-0.39, 0.29) is 17.0 Å². The number of anilines is 1. The zero-order valence-electron chi connectivity index (χ0n) is 9.18. The number of methoxy groups -OCH3 is 1. The molecule has 2 heterocycles. The van der Waals surface area contributed by atoms with Crippen molar-refractivity contribution >= 4 is 17.1 Å². The summed E-state index contributed by atoms with van der Waals surface area (Å²) in [4.78, 5) is 28.1. The van der Waals surface area contributed by atoms with Crippen LogP contribution in [0.1, 0.15) is 0 Å². The predicted molar refractivity (Wildman–Crippen MR) is 58.8 cm³/mol. The Kier molecular flexibility index (Phi) is 2.43. The second-order valence-corrected chi connectivity index (χ2v) is 3.37. The molecule has 0 amide bonds. The molecule has 16 heavy (non-hydrogen) atoms. The van der Waals surface area contributed by atoms with Crippen molar-refractivity contribution in [3.8, 4) is 5.88 Å². The molecule has 7 nitrogen and oxygen atoms in total. The molecule has 0 fully saturated rings. The number of aromatic amines is 1. The average Bonchev–Trinajstić information content (AvgIpc) is 2.28. The summed E-state index contributed by atoms with van der Waals surface area (Å²) in [6.45, 7) is 0. The van der Waals surface area contributed by atoms with E-state index in [9.17, 15) is 4.79 Å². The van der Waals surface area contributed by atoms with Crippen molar-refractivity contribution in [3.63, 3.8) is 0 Å². The van der Waals surface area contributed by atoms with Gasteiger partial charge in [-0.15, -0.1) is 0 Å². The molecule has 0 radical (unpaired) electrons. The molecule has 7 heteroatoms. The van der Waals surface area contributed by atoms with Gasteiger partial charge in [-0.1, -0.05) is 0 Å². The number of hydrogen-bond acceptors (Lipinski definition) is 6. The first-order chi connectivity index (χ1) is 7.61. The zero-order valence-corrected chi connectivity index (χ0v) is 9.18. The highest BCUT2D eigenvalue weighted by molar-refractivity contribution is 5.69. The lowest BCUT2D eigenvalue weighted by Gasteiger charge is -2.10. The second-order valence-electron chi connectivity index (χ2n) is 3.37. The molecule has 0 bridgehead atoms. The Morgan fingerprint density at radius 2 is 2.12 bits per heavy atom. The van der Waals surface area contributed by atoms with Crippen molar-refractivity contribution in [1.82, 2.24) is 19.9 Å². The van der Waals surface area contributed by atoms with Crippen molar-refractivity contribution in [2.45, 2.75) is 0 Å². The maximum atomic E-state index is 11.7. The molecule has 0 aliphatic heterocycles. The van der Waals surface area contributed by atoms with E-state index in [1.165, 1.54) is 13.3 Å². The molecule has 1 N–H and O–H groups in total. The van der Waals surface area contributed by atoms with Gasteiger partial charge in [0.1, 0.15) is 0 Å². The number of hydrogen-bond donors (Lipinski definition) is 1. The molecule has 0 aromatic carbocycles. The monoisotopic (exact) mass is 221 g/mol. The quantitative estimate of drug-likeness (QED) is 0.755. The van der Waals surface area contributed by atoms with Gasteiger partial charge in [-0.2, -0.15) is 4.98 Å². The SMILES string of the molecule is COc1cnc2nc(N(C)C)[nH]c(=O)c2n1. The first-order valence-electron chi connectivity index (χ1n) is 4.60. The Balaban J connectivity index is 2.71. The summed E-state index contributed by atoms with van der Waals surface area (Å²) in [5.41, 5.74) is 0.137. The Hall–Kier alpha value is -2.18. The van der Waals surface area contributed by atoms with Crippen LogP contribution in [0.5, 0.6) is 5.88 Å². The Morgan fingerprint density at radius 1 is 1.38 bits per heavy atom. The molecule has 84 valence electrons. The molecule has 0 aliphatic rings. The van der Waals surface area contributed by atoms with Gasteiger partial charge >= 0.3 is 0 Å². The molecular weight excluding hydrogens is 210 g/mol. The molecule has 0 spiro atoms. The van der Waals surface area contributed by atoms with Gasteiger partial charge in [-0.05, 0) is 0 Å². The van der Waals surface area contributed by atoms with Gasteiger partial charge < -0.3 is 9.64 Å². The fraction of sp³-hybridized carbons (Fsp3) is 0.333. The van der Waals surface area contributed by atoms with E-state index in [0.29, 0.717) is 11.6 Å². The van der Waals surface area contributed by atoms with Crippen LogP contribution >= 0.6 is 0 Å². The van der Waals surface area contributed by atoms with E-state index >= 15 is 0 Å². The van der Waals surface area contributed by atoms with Crippen molar-refractivity contribution < 1.29 is 4.74 Å². The van der Waals surface area contributed by atoms with Crippen molar-refractivity contribution in [3.05, 3.63) is 16.6 Å². The largest absolute Gasteiger partial charge is 0.480 e. The number of nitrogens with zero attached hydrogens (tertiary/aromatic N) is 4. The third-order valence-electron chi connectivity index (χ3n) is 2.02. The van der Waals surface area contributed by atoms with Crippen molar-refractivity contribution in [2.24, 2.45) is 0 Å². The number of aromatic nitrogens is 4. The molecule has 0 saturated carbocycles. The van der Waals surface area contributed by atoms with Crippen LogP contribution in [0.25, 0.3) is 11.2 Å². The molecule has 2 aromatic heterocycles. The van der Waals surface area contributed by atoms with E-state index in [1.807, 2.05) is 0 Å². The third-order valence-corrected chi connectivity index (χ3v) is 2.02. The first-order valence-corrected chi connectivity index (χ1v) is 4.60. The summed E-state index contributed by atoms with van der Waals surface area (Å²) < 4.78 is 4.89. The maximum absolute atomic E-state index is 11.7. The molecule has 0 saturated heterocycles. The summed E-state index contributed by atoms with van der Waals surface area (Å²) in [6.07, 6.45) is 1.42. The standard InChI is InChI=1S/C9H11N5O2/c1-14(2)9-12-7-6(8(15)13-9)11-5(16-3)4-10-7/h4H,1-3H3,(H,10,12,13,15). The fourth-order valence-electron chi connectivity index (χ4n) is 1.20. The topological polar surface area (TPSA) is 84.0 Å². The maximum Gasteiger partial charge on any atom is 0.280 e. The van der Waals surface area contributed by atoms with Crippen molar-refractivity contribution in [2.75, 3.05) is 26.1 Å². The van der Waals surface area contributed by atoms with Crippen LogP contribution in [0.2, 0.25) is 0 Å². The number of nitrogens with one attached hydrogen (secondary N) is 1. The van der Waals surface area contributed by atoms with E-state index in [2.05, 4.69) is 19.9 Å². The van der Waals surface area contributed by atoms with Crippen LogP contribution in [0.15, 0.2) is 11.0 Å². The van der Waals surface area contributed by atoms with Crippen LogP contribution in [0.3, 0.4) is 0 Å². The number of ether oxygens (including phenoxy) is 1. The fourth-order valence-corrected chi connectivity index (χ4v) is 1.20. The van der Waals surface area contributed by atoms with Crippen LogP contribution < -0.4 is 15.2 Å². The Labute approximate surface area is 91.1 Å². The minimum absolute atomic E-state index is 0.171. The molecule has 2 rings (SSSR count). The van der Waals surface area contributed by atoms with Gasteiger partial charge in [-0.3, -0.25) is 9.78 Å². The van der Waals surface area contributed by atoms with Gasteiger partial charge in [-0.25, -0.2) is 9.97 Å². The molecule has 0 aliphatic carbocycles. The lowest BCUT2D eigenvalue weighted by molar-refractivity contribution is 0.397. The lowest BCUT2D eigenvalue weighted by Crippen LogP contribution is -2.19. The van der Waals surface area contributed by atoms with Crippen LogP contribution in [0, 0.1) is 0 Å². The summed E-state index contributed by atoms with van der Waals surface area (Å²) in [5, 5.41) is 0. The van der Waals surface area contributed by atoms with E-state index < -0.39 is 0 Å². The average molecular weight is 221 g/mol. The summed E-state index contributed by atoms with van der Waals surface area (Å²) in [5.74, 6) is 0.731. The van der Waals surface area contributed by atoms with E-state index in [4.69, 9.17) is 4.74 Å². The molecule has 2 aromatic rings. The highest BCUT2D eigenvalue weighted by Crippen LogP contribution is 2.09. The molecule has 0 unspecified atom stereocenters. The Bertz CT molecular complexity index is 578. The van der Waals surface area contributed by atoms with Gasteiger partial charge in [0, 0.05) is 14.1 Å². The summed E-state index contributed by atoms with van der Waals surface area (Å²) in [7, 11) is 5.02. The van der Waals surface area contributed by atoms with Crippen LogP contribution in [-0.4, -0.2) is 41.1 Å². The predicted octanol–water partition coefficient (Wildman–Crippen LogP) is -0.212. The third kappa shape index (κ3) is 1.67. The lowest BCUT2D eigenvalue weighted by atomic mass is 10.5. The van der Waals surface area contributed by atoms with Crippen LogP contribution in [-0.2, 0) is 0 Å². The number of H-pyrrole nitrogens is 1.